The molecule has 1 saturated heterocycles. The Balaban J connectivity index is 0.00000529. The van der Waals surface area contributed by atoms with Crippen molar-refractivity contribution in [1.29, 1.82) is 0 Å². The van der Waals surface area contributed by atoms with Crippen LogP contribution in [-0.4, -0.2) is 60.8 Å². The fraction of sp³-hybridized carbons (Fsp3) is 0.944. The summed E-state index contributed by atoms with van der Waals surface area (Å²) in [6.45, 7) is 17.1. The zero-order valence-corrected chi connectivity index (χ0v) is 18.8. The summed E-state index contributed by atoms with van der Waals surface area (Å²) in [5.41, 5.74) is -0.0897. The summed E-state index contributed by atoms with van der Waals surface area (Å²) in [5, 5.41) is 16.7. The molecule has 2 unspecified atom stereocenters. The molecule has 0 radical (unpaired) electrons. The van der Waals surface area contributed by atoms with Crippen molar-refractivity contribution in [1.82, 2.24) is 15.5 Å². The maximum atomic E-state index is 9.72. The normalized spacial score (nSPS) is 22.6. The number of hydrogen-bond acceptors (Lipinski definition) is 3. The lowest BCUT2D eigenvalue weighted by Crippen LogP contribution is -2.47. The molecular formula is C18H39IN4O. The molecule has 0 aromatic heterocycles. The molecule has 24 heavy (non-hydrogen) atoms. The van der Waals surface area contributed by atoms with Gasteiger partial charge in [0.2, 0.25) is 0 Å². The summed E-state index contributed by atoms with van der Waals surface area (Å²) in [6, 6.07) is 1.02. The van der Waals surface area contributed by atoms with Crippen molar-refractivity contribution in [2.24, 2.45) is 16.3 Å². The molecule has 1 heterocycles. The van der Waals surface area contributed by atoms with Crippen molar-refractivity contribution in [3.05, 3.63) is 0 Å². The molecule has 0 aromatic carbocycles. The number of guanidine groups is 1. The molecule has 0 bridgehead atoms. The molecule has 3 N–H and O–H groups in total. The first-order valence-electron chi connectivity index (χ1n) is 9.31. The molecule has 0 aromatic rings. The van der Waals surface area contributed by atoms with Gasteiger partial charge in [-0.1, -0.05) is 20.8 Å². The quantitative estimate of drug-likeness (QED) is 0.300. The van der Waals surface area contributed by atoms with Gasteiger partial charge < -0.3 is 15.7 Å². The molecule has 144 valence electrons. The molecule has 0 amide bonds. The summed E-state index contributed by atoms with van der Waals surface area (Å²) in [4.78, 5) is 7.30. The number of likely N-dealkylation sites (tertiary alicyclic amines) is 1. The van der Waals surface area contributed by atoms with Crippen LogP contribution in [0.1, 0.15) is 54.4 Å². The first-order chi connectivity index (χ1) is 10.9. The molecule has 6 heteroatoms. The first-order valence-corrected chi connectivity index (χ1v) is 9.31. The standard InChI is InChI=1S/C18H38N4O.HI/c1-7-18(8-2,13-23)12-20-17(19-9-3)21-16-11-22(14(4)5)10-15(16)6;/h14-16,23H,7-13H2,1-6H3,(H2,19,20,21);1H. The van der Waals surface area contributed by atoms with Crippen LogP contribution in [0.25, 0.3) is 0 Å². The fourth-order valence-electron chi connectivity index (χ4n) is 3.10. The smallest absolute Gasteiger partial charge is 0.191 e. The summed E-state index contributed by atoms with van der Waals surface area (Å²) in [7, 11) is 0. The number of aliphatic hydroxyl groups excluding tert-OH is 1. The van der Waals surface area contributed by atoms with Crippen LogP contribution in [0.15, 0.2) is 4.99 Å². The minimum atomic E-state index is -0.0897. The lowest BCUT2D eigenvalue weighted by molar-refractivity contribution is 0.123. The van der Waals surface area contributed by atoms with E-state index in [4.69, 9.17) is 4.99 Å². The first kappa shape index (κ1) is 23.9. The van der Waals surface area contributed by atoms with Crippen molar-refractivity contribution in [2.45, 2.75) is 66.5 Å². The van der Waals surface area contributed by atoms with Gasteiger partial charge in [0, 0.05) is 37.1 Å². The minimum Gasteiger partial charge on any atom is -0.396 e. The topological polar surface area (TPSA) is 59.9 Å². The van der Waals surface area contributed by atoms with E-state index in [1.165, 1.54) is 0 Å². The van der Waals surface area contributed by atoms with E-state index in [1.54, 1.807) is 0 Å². The Kier molecular flexibility index (Phi) is 11.5. The highest BCUT2D eigenvalue weighted by atomic mass is 127. The van der Waals surface area contributed by atoms with Gasteiger partial charge in [-0.25, -0.2) is 0 Å². The number of halogens is 1. The monoisotopic (exact) mass is 454 g/mol. The largest absolute Gasteiger partial charge is 0.396 e. The number of nitrogens with zero attached hydrogens (tertiary/aromatic N) is 2. The summed E-state index contributed by atoms with van der Waals surface area (Å²) >= 11 is 0. The van der Waals surface area contributed by atoms with Crippen LogP contribution < -0.4 is 10.6 Å². The Hall–Kier alpha value is -0.0800. The van der Waals surface area contributed by atoms with E-state index >= 15 is 0 Å². The van der Waals surface area contributed by atoms with Gasteiger partial charge in [0.25, 0.3) is 0 Å². The Morgan fingerprint density at radius 3 is 2.29 bits per heavy atom. The van der Waals surface area contributed by atoms with Gasteiger partial charge in [0.1, 0.15) is 0 Å². The Labute approximate surface area is 166 Å². The van der Waals surface area contributed by atoms with E-state index in [0.29, 0.717) is 24.5 Å². The van der Waals surface area contributed by atoms with Crippen LogP contribution in [0, 0.1) is 11.3 Å². The Bertz CT molecular complexity index is 364. The number of aliphatic hydroxyl groups is 1. The highest BCUT2D eigenvalue weighted by Crippen LogP contribution is 2.26. The van der Waals surface area contributed by atoms with Crippen molar-refractivity contribution in [3.63, 3.8) is 0 Å². The van der Waals surface area contributed by atoms with Crippen molar-refractivity contribution in [3.8, 4) is 0 Å². The van der Waals surface area contributed by atoms with Crippen LogP contribution in [-0.2, 0) is 0 Å². The van der Waals surface area contributed by atoms with E-state index in [1.807, 2.05) is 0 Å². The fourth-order valence-corrected chi connectivity index (χ4v) is 3.10. The zero-order valence-electron chi connectivity index (χ0n) is 16.4. The summed E-state index contributed by atoms with van der Waals surface area (Å²) in [5.74, 6) is 1.50. The van der Waals surface area contributed by atoms with Crippen LogP contribution >= 0.6 is 24.0 Å². The lowest BCUT2D eigenvalue weighted by atomic mass is 9.83. The SMILES string of the molecule is CCNC(=NCC(CC)(CC)CO)NC1CN(C(C)C)CC1C.I. The average molecular weight is 454 g/mol. The lowest BCUT2D eigenvalue weighted by Gasteiger charge is -2.28. The van der Waals surface area contributed by atoms with Gasteiger partial charge in [-0.05, 0) is 39.5 Å². The molecule has 1 rings (SSSR count). The number of rotatable bonds is 8. The molecule has 1 aliphatic heterocycles. The second-order valence-corrected chi connectivity index (χ2v) is 7.34. The molecule has 0 spiro atoms. The summed E-state index contributed by atoms with van der Waals surface area (Å²) < 4.78 is 0. The van der Waals surface area contributed by atoms with Crippen LogP contribution in [0.4, 0.5) is 0 Å². The predicted molar refractivity (Wildman–Crippen MR) is 114 cm³/mol. The van der Waals surface area contributed by atoms with E-state index in [0.717, 1.165) is 38.4 Å². The van der Waals surface area contributed by atoms with Gasteiger partial charge in [-0.3, -0.25) is 9.89 Å². The van der Waals surface area contributed by atoms with E-state index in [9.17, 15) is 5.11 Å². The van der Waals surface area contributed by atoms with E-state index in [-0.39, 0.29) is 36.0 Å². The maximum absolute atomic E-state index is 9.72. The molecule has 0 aliphatic carbocycles. The highest BCUT2D eigenvalue weighted by Gasteiger charge is 2.31. The van der Waals surface area contributed by atoms with E-state index in [2.05, 4.69) is 57.1 Å². The summed E-state index contributed by atoms with van der Waals surface area (Å²) in [6.07, 6.45) is 1.90. The van der Waals surface area contributed by atoms with Crippen molar-refractivity contribution in [2.75, 3.05) is 32.8 Å². The molecule has 2 atom stereocenters. The zero-order chi connectivity index (χ0) is 17.5. The Morgan fingerprint density at radius 1 is 1.25 bits per heavy atom. The van der Waals surface area contributed by atoms with Crippen molar-refractivity contribution < 1.29 is 5.11 Å². The third-order valence-corrected chi connectivity index (χ3v) is 5.45. The number of aliphatic imine (C=N–C) groups is 1. The van der Waals surface area contributed by atoms with Gasteiger partial charge in [-0.15, -0.1) is 24.0 Å². The highest BCUT2D eigenvalue weighted by molar-refractivity contribution is 14.0. The van der Waals surface area contributed by atoms with Crippen molar-refractivity contribution >= 4 is 29.9 Å². The average Bonchev–Trinajstić information content (AvgIpc) is 2.90. The molecule has 1 aliphatic rings. The Morgan fingerprint density at radius 2 is 1.88 bits per heavy atom. The molecule has 0 saturated carbocycles. The number of hydrogen-bond donors (Lipinski definition) is 3. The maximum Gasteiger partial charge on any atom is 0.191 e. The third kappa shape index (κ3) is 6.67. The van der Waals surface area contributed by atoms with Gasteiger partial charge >= 0.3 is 0 Å². The minimum absolute atomic E-state index is 0. The van der Waals surface area contributed by atoms with Crippen LogP contribution in [0.5, 0.6) is 0 Å². The third-order valence-electron chi connectivity index (χ3n) is 5.45. The second kappa shape index (κ2) is 11.5. The molecule has 5 nitrogen and oxygen atoms in total. The van der Waals surface area contributed by atoms with Crippen LogP contribution in [0.3, 0.4) is 0 Å². The van der Waals surface area contributed by atoms with Gasteiger partial charge in [-0.2, -0.15) is 0 Å². The van der Waals surface area contributed by atoms with E-state index < -0.39 is 0 Å². The second-order valence-electron chi connectivity index (χ2n) is 7.34. The van der Waals surface area contributed by atoms with Gasteiger partial charge in [0.15, 0.2) is 5.96 Å². The predicted octanol–water partition coefficient (Wildman–Crippen LogP) is 2.69. The molecular weight excluding hydrogens is 415 g/mol. The molecule has 1 fully saturated rings. The van der Waals surface area contributed by atoms with Crippen LogP contribution in [0.2, 0.25) is 0 Å². The number of nitrogens with one attached hydrogen (secondary N) is 2. The van der Waals surface area contributed by atoms with Gasteiger partial charge in [0.05, 0.1) is 13.2 Å².